The third kappa shape index (κ3) is 5.78. The fourth-order valence-electron chi connectivity index (χ4n) is 4.93. The molecular weight excluding hydrogens is 515 g/mol. The Hall–Kier alpha value is -3.18. The summed E-state index contributed by atoms with van der Waals surface area (Å²) in [5.74, 6) is -0.161. The number of hydrogen-bond acceptors (Lipinski definition) is 6. The molecule has 0 bridgehead atoms. The number of rotatable bonds is 7. The Bertz CT molecular complexity index is 1320. The van der Waals surface area contributed by atoms with Gasteiger partial charge in [0.1, 0.15) is 12.1 Å². The Balaban J connectivity index is 1.93. The number of anilines is 2. The maximum Gasteiger partial charge on any atom is 0.516 e. The van der Waals surface area contributed by atoms with Crippen molar-refractivity contribution in [1.29, 1.82) is 0 Å². The molecule has 0 spiro atoms. The van der Waals surface area contributed by atoms with Crippen LogP contribution in [-0.2, 0) is 23.0 Å². The van der Waals surface area contributed by atoms with Crippen LogP contribution in [-0.4, -0.2) is 56.0 Å². The molecule has 2 atom stereocenters. The molecule has 3 aromatic rings. The Morgan fingerprint density at radius 3 is 2.16 bits per heavy atom. The zero-order valence-electron chi connectivity index (χ0n) is 21.6. The highest BCUT2D eigenvalue weighted by Gasteiger charge is 2.52. The standard InChI is InChI=1S/C27H32F3N5O2S/c1-4-20-16-33(2)23(15-21-11-7-5-8-12-21)24-25(34(3)17-22-13-9-6-10-14-22)31-19-32-26(24)35(18-20)38(36,37)27(28,29)30/h5-14,19-20,23H,4,15-18H2,1-3H3/t20-,23+/m0/s1. The molecule has 38 heavy (non-hydrogen) atoms. The molecule has 0 aliphatic carbocycles. The summed E-state index contributed by atoms with van der Waals surface area (Å²) in [4.78, 5) is 12.6. The maximum absolute atomic E-state index is 14.0. The second-order valence-electron chi connectivity index (χ2n) is 9.68. The Kier molecular flexibility index (Phi) is 8.27. The van der Waals surface area contributed by atoms with Crippen LogP contribution in [0.1, 0.15) is 36.1 Å². The largest absolute Gasteiger partial charge is 0.516 e. The van der Waals surface area contributed by atoms with Crippen molar-refractivity contribution in [3.8, 4) is 0 Å². The highest BCUT2D eigenvalue weighted by atomic mass is 32.2. The van der Waals surface area contributed by atoms with Gasteiger partial charge < -0.3 is 4.90 Å². The number of likely N-dealkylation sites (N-methyl/N-ethyl adjacent to an activating group) is 1. The van der Waals surface area contributed by atoms with E-state index < -0.39 is 21.6 Å². The quantitative estimate of drug-likeness (QED) is 0.414. The maximum atomic E-state index is 14.0. The molecule has 2 heterocycles. The minimum absolute atomic E-state index is 0.224. The first-order chi connectivity index (χ1) is 18.0. The van der Waals surface area contributed by atoms with Gasteiger partial charge in [0.2, 0.25) is 0 Å². The number of nitrogens with zero attached hydrogens (tertiary/aromatic N) is 5. The van der Waals surface area contributed by atoms with Gasteiger partial charge in [-0.2, -0.15) is 21.6 Å². The number of fused-ring (bicyclic) bond motifs is 1. The molecule has 0 saturated heterocycles. The van der Waals surface area contributed by atoms with Gasteiger partial charge in [0.25, 0.3) is 0 Å². The van der Waals surface area contributed by atoms with E-state index in [9.17, 15) is 21.6 Å². The fraction of sp³-hybridized carbons (Fsp3) is 0.407. The van der Waals surface area contributed by atoms with Crippen molar-refractivity contribution in [2.75, 3.05) is 36.4 Å². The van der Waals surface area contributed by atoms with Crippen LogP contribution in [0.25, 0.3) is 0 Å². The average molecular weight is 548 g/mol. The number of hydrogen-bond donors (Lipinski definition) is 0. The summed E-state index contributed by atoms with van der Waals surface area (Å²) in [7, 11) is -1.99. The van der Waals surface area contributed by atoms with Crippen molar-refractivity contribution in [2.45, 2.75) is 37.9 Å². The molecule has 1 aliphatic heterocycles. The zero-order chi connectivity index (χ0) is 27.5. The first kappa shape index (κ1) is 27.8. The van der Waals surface area contributed by atoms with Gasteiger partial charge in [-0.1, -0.05) is 74.0 Å². The van der Waals surface area contributed by atoms with Crippen LogP contribution in [0.4, 0.5) is 24.8 Å². The first-order valence-corrected chi connectivity index (χ1v) is 13.9. The van der Waals surface area contributed by atoms with Crippen molar-refractivity contribution in [3.63, 3.8) is 0 Å². The second kappa shape index (κ2) is 11.3. The van der Waals surface area contributed by atoms with Crippen molar-refractivity contribution >= 4 is 21.7 Å². The molecule has 0 radical (unpaired) electrons. The topological polar surface area (TPSA) is 69.6 Å². The van der Waals surface area contributed by atoms with E-state index in [4.69, 9.17) is 0 Å². The number of sulfonamides is 1. The summed E-state index contributed by atoms with van der Waals surface area (Å²) in [6.07, 6.45) is 2.10. The monoisotopic (exact) mass is 547 g/mol. The van der Waals surface area contributed by atoms with Crippen LogP contribution in [0.2, 0.25) is 0 Å². The fourth-order valence-corrected chi connectivity index (χ4v) is 5.96. The summed E-state index contributed by atoms with van der Waals surface area (Å²) in [5.41, 5.74) is -3.16. The van der Waals surface area contributed by atoms with Crippen LogP contribution in [0.3, 0.4) is 0 Å². The number of benzene rings is 2. The Morgan fingerprint density at radius 2 is 1.58 bits per heavy atom. The molecule has 204 valence electrons. The molecule has 1 aromatic heterocycles. The Labute approximate surface area is 222 Å². The van der Waals surface area contributed by atoms with Crippen molar-refractivity contribution in [2.24, 2.45) is 5.92 Å². The molecule has 1 aliphatic rings. The number of aromatic nitrogens is 2. The number of alkyl halides is 3. The van der Waals surface area contributed by atoms with Crippen LogP contribution >= 0.6 is 0 Å². The van der Waals surface area contributed by atoms with E-state index in [2.05, 4.69) is 14.9 Å². The smallest absolute Gasteiger partial charge is 0.355 e. The lowest BCUT2D eigenvalue weighted by Crippen LogP contribution is -2.48. The predicted molar refractivity (Wildman–Crippen MR) is 142 cm³/mol. The first-order valence-electron chi connectivity index (χ1n) is 12.5. The van der Waals surface area contributed by atoms with Crippen molar-refractivity contribution in [1.82, 2.24) is 14.9 Å². The highest BCUT2D eigenvalue weighted by molar-refractivity contribution is 7.93. The van der Waals surface area contributed by atoms with Gasteiger partial charge in [-0.25, -0.2) is 14.3 Å². The minimum Gasteiger partial charge on any atom is -0.355 e. The molecule has 0 N–H and O–H groups in total. The minimum atomic E-state index is -5.70. The normalized spacial score (nSPS) is 18.9. The van der Waals surface area contributed by atoms with E-state index in [0.717, 1.165) is 17.5 Å². The van der Waals surface area contributed by atoms with Crippen LogP contribution in [0.5, 0.6) is 0 Å². The lowest BCUT2D eigenvalue weighted by Gasteiger charge is -2.40. The van der Waals surface area contributed by atoms with Gasteiger partial charge in [-0.05, 0) is 30.5 Å². The van der Waals surface area contributed by atoms with Crippen LogP contribution in [0, 0.1) is 5.92 Å². The van der Waals surface area contributed by atoms with Gasteiger partial charge in [-0.3, -0.25) is 4.90 Å². The summed E-state index contributed by atoms with van der Waals surface area (Å²) in [6, 6.07) is 18.7. The van der Waals surface area contributed by atoms with E-state index >= 15 is 0 Å². The summed E-state index contributed by atoms with van der Waals surface area (Å²) < 4.78 is 68.2. The third-order valence-corrected chi connectivity index (χ3v) is 8.46. The van der Waals surface area contributed by atoms with E-state index in [-0.39, 0.29) is 18.3 Å². The second-order valence-corrected chi connectivity index (χ2v) is 11.5. The molecule has 2 aromatic carbocycles. The van der Waals surface area contributed by atoms with Crippen molar-refractivity contribution < 1.29 is 21.6 Å². The van der Waals surface area contributed by atoms with Gasteiger partial charge in [-0.15, -0.1) is 0 Å². The predicted octanol–water partition coefficient (Wildman–Crippen LogP) is 5.02. The van der Waals surface area contributed by atoms with Gasteiger partial charge in [0, 0.05) is 32.7 Å². The average Bonchev–Trinajstić information content (AvgIpc) is 2.89. The van der Waals surface area contributed by atoms with Crippen LogP contribution in [0.15, 0.2) is 67.0 Å². The summed E-state index contributed by atoms with van der Waals surface area (Å²) >= 11 is 0. The number of halogens is 3. The summed E-state index contributed by atoms with van der Waals surface area (Å²) in [5, 5.41) is 0. The van der Waals surface area contributed by atoms with E-state index in [1.165, 1.54) is 0 Å². The lowest BCUT2D eigenvalue weighted by molar-refractivity contribution is -0.0439. The van der Waals surface area contributed by atoms with E-state index in [1.807, 2.05) is 79.5 Å². The Morgan fingerprint density at radius 1 is 0.974 bits per heavy atom. The van der Waals surface area contributed by atoms with E-state index in [0.29, 0.717) is 41.6 Å². The molecular formula is C27H32F3N5O2S. The van der Waals surface area contributed by atoms with Crippen molar-refractivity contribution in [3.05, 3.63) is 83.7 Å². The molecule has 7 nitrogen and oxygen atoms in total. The van der Waals surface area contributed by atoms with E-state index in [1.54, 1.807) is 7.05 Å². The van der Waals surface area contributed by atoms with Gasteiger partial charge in [0.05, 0.1) is 5.56 Å². The highest BCUT2D eigenvalue weighted by Crippen LogP contribution is 2.42. The van der Waals surface area contributed by atoms with Crippen LogP contribution < -0.4 is 9.21 Å². The lowest BCUT2D eigenvalue weighted by atomic mass is 9.94. The third-order valence-electron chi connectivity index (χ3n) is 6.97. The summed E-state index contributed by atoms with van der Waals surface area (Å²) in [6.45, 7) is 2.36. The molecule has 0 fully saturated rings. The van der Waals surface area contributed by atoms with Gasteiger partial charge >= 0.3 is 15.5 Å². The molecule has 4 rings (SSSR count). The molecule has 0 saturated carbocycles. The molecule has 0 unspecified atom stereocenters. The van der Waals surface area contributed by atoms with Gasteiger partial charge in [0.15, 0.2) is 5.82 Å². The molecule has 11 heteroatoms. The molecule has 0 amide bonds. The zero-order valence-corrected chi connectivity index (χ0v) is 22.5. The SMILES string of the molecule is CC[C@H]1CN(C)[C@H](Cc2ccccc2)c2c(N(C)Cc3ccccc3)ncnc2N(S(=O)(=O)C(F)(F)F)C1.